The molecule has 5 rings (SSSR count). The summed E-state index contributed by atoms with van der Waals surface area (Å²) in [6, 6.07) is 24.0. The fourth-order valence-electron chi connectivity index (χ4n) is 4.75. The average Bonchev–Trinajstić information content (AvgIpc) is 3.50. The van der Waals surface area contributed by atoms with Crippen LogP contribution >= 0.6 is 28.1 Å². The van der Waals surface area contributed by atoms with Gasteiger partial charge in [0.25, 0.3) is 0 Å². The zero-order valence-corrected chi connectivity index (χ0v) is 23.1. The Morgan fingerprint density at radius 1 is 1.08 bits per heavy atom. The SMILES string of the molecule is Cc1ccc(C)c(NC(=O)CCN2C(=S)N[C@@H](c3ccccn3)[C@@H]2c2cccn2-c2ccc(Br)cc2)c1. The maximum atomic E-state index is 13.0. The summed E-state index contributed by atoms with van der Waals surface area (Å²) in [5, 5.41) is 7.17. The lowest BCUT2D eigenvalue weighted by Crippen LogP contribution is -2.33. The van der Waals surface area contributed by atoms with Crippen molar-refractivity contribution in [3.8, 4) is 5.69 Å². The van der Waals surface area contributed by atoms with Crippen molar-refractivity contribution in [2.75, 3.05) is 11.9 Å². The first-order valence-electron chi connectivity index (χ1n) is 12.2. The quantitative estimate of drug-likeness (QED) is 0.256. The van der Waals surface area contributed by atoms with Crippen LogP contribution in [-0.4, -0.2) is 32.0 Å². The molecule has 1 saturated heterocycles. The first kappa shape index (κ1) is 25.2. The van der Waals surface area contributed by atoms with Gasteiger partial charge >= 0.3 is 0 Å². The van der Waals surface area contributed by atoms with Gasteiger partial charge in [-0.2, -0.15) is 0 Å². The molecule has 1 fully saturated rings. The van der Waals surface area contributed by atoms with Gasteiger partial charge in [-0.15, -0.1) is 0 Å². The fourth-order valence-corrected chi connectivity index (χ4v) is 5.34. The van der Waals surface area contributed by atoms with Crippen LogP contribution in [0.4, 0.5) is 5.69 Å². The molecular weight excluding hydrogens is 546 g/mol. The number of rotatable bonds is 7. The van der Waals surface area contributed by atoms with Crippen LogP contribution in [0, 0.1) is 13.8 Å². The highest BCUT2D eigenvalue weighted by molar-refractivity contribution is 9.10. The molecule has 0 unspecified atom stereocenters. The number of halogens is 1. The second-order valence-corrected chi connectivity index (χ2v) is 10.5. The van der Waals surface area contributed by atoms with E-state index in [1.165, 1.54) is 0 Å². The molecule has 2 atom stereocenters. The number of aryl methyl sites for hydroxylation is 2. The number of aromatic nitrogens is 2. The van der Waals surface area contributed by atoms with Crippen molar-refractivity contribution in [3.05, 3.63) is 112 Å². The van der Waals surface area contributed by atoms with E-state index in [4.69, 9.17) is 12.2 Å². The molecule has 4 aromatic rings. The van der Waals surface area contributed by atoms with Crippen molar-refractivity contribution in [3.63, 3.8) is 0 Å². The molecule has 1 aliphatic rings. The number of pyridine rings is 1. The molecule has 0 saturated carbocycles. The van der Waals surface area contributed by atoms with Gasteiger partial charge in [0.2, 0.25) is 5.91 Å². The van der Waals surface area contributed by atoms with E-state index in [-0.39, 0.29) is 18.0 Å². The highest BCUT2D eigenvalue weighted by Gasteiger charge is 2.41. The van der Waals surface area contributed by atoms with Crippen LogP contribution in [0.5, 0.6) is 0 Å². The van der Waals surface area contributed by atoms with E-state index in [1.54, 1.807) is 6.20 Å². The molecule has 2 N–H and O–H groups in total. The van der Waals surface area contributed by atoms with Crippen molar-refractivity contribution in [1.82, 2.24) is 19.8 Å². The highest BCUT2D eigenvalue weighted by Crippen LogP contribution is 2.39. The Morgan fingerprint density at radius 3 is 2.65 bits per heavy atom. The van der Waals surface area contributed by atoms with Crippen LogP contribution in [0.1, 0.15) is 41.0 Å². The Morgan fingerprint density at radius 2 is 1.89 bits per heavy atom. The third-order valence-corrected chi connectivity index (χ3v) is 7.51. The summed E-state index contributed by atoms with van der Waals surface area (Å²) in [4.78, 5) is 19.7. The lowest BCUT2D eigenvalue weighted by molar-refractivity contribution is -0.116. The molecule has 0 bridgehead atoms. The minimum atomic E-state index is -0.153. The van der Waals surface area contributed by atoms with E-state index in [0.717, 1.165) is 38.4 Å². The zero-order valence-electron chi connectivity index (χ0n) is 20.7. The van der Waals surface area contributed by atoms with E-state index in [0.29, 0.717) is 18.1 Å². The van der Waals surface area contributed by atoms with Crippen LogP contribution in [0.25, 0.3) is 5.69 Å². The Balaban J connectivity index is 1.44. The van der Waals surface area contributed by atoms with Gasteiger partial charge in [0, 0.05) is 46.9 Å². The van der Waals surface area contributed by atoms with Crippen LogP contribution in [-0.2, 0) is 4.79 Å². The smallest absolute Gasteiger partial charge is 0.226 e. The third kappa shape index (κ3) is 5.45. The molecule has 2 aromatic heterocycles. The summed E-state index contributed by atoms with van der Waals surface area (Å²) >= 11 is 9.33. The normalized spacial score (nSPS) is 17.1. The number of nitrogens with one attached hydrogen (secondary N) is 2. The van der Waals surface area contributed by atoms with Gasteiger partial charge in [-0.05, 0) is 91.8 Å². The molecule has 37 heavy (non-hydrogen) atoms. The van der Waals surface area contributed by atoms with Crippen LogP contribution in [0.3, 0.4) is 0 Å². The van der Waals surface area contributed by atoms with E-state index < -0.39 is 0 Å². The summed E-state index contributed by atoms with van der Waals surface area (Å²) in [5.41, 5.74) is 6.02. The van der Waals surface area contributed by atoms with Gasteiger partial charge < -0.3 is 20.1 Å². The number of thiocarbonyl (C=S) groups is 1. The number of carbonyl (C=O) groups excluding carboxylic acids is 1. The van der Waals surface area contributed by atoms with Crippen LogP contribution in [0.2, 0.25) is 0 Å². The first-order chi connectivity index (χ1) is 17.9. The van der Waals surface area contributed by atoms with Crippen LogP contribution in [0.15, 0.2) is 89.7 Å². The molecule has 3 heterocycles. The zero-order chi connectivity index (χ0) is 25.9. The number of anilines is 1. The highest BCUT2D eigenvalue weighted by atomic mass is 79.9. The van der Waals surface area contributed by atoms with Gasteiger partial charge in [-0.1, -0.05) is 34.1 Å². The van der Waals surface area contributed by atoms with Gasteiger partial charge in [0.1, 0.15) is 0 Å². The number of amides is 1. The summed E-state index contributed by atoms with van der Waals surface area (Å²) < 4.78 is 3.20. The number of benzene rings is 2. The average molecular weight is 575 g/mol. The maximum absolute atomic E-state index is 13.0. The van der Waals surface area contributed by atoms with Crippen LogP contribution < -0.4 is 10.6 Å². The molecule has 6 nitrogen and oxygen atoms in total. The molecule has 0 aliphatic carbocycles. The molecule has 1 aliphatic heterocycles. The van der Waals surface area contributed by atoms with Gasteiger partial charge in [-0.3, -0.25) is 9.78 Å². The first-order valence-corrected chi connectivity index (χ1v) is 13.4. The number of nitrogens with zero attached hydrogens (tertiary/aromatic N) is 3. The largest absolute Gasteiger partial charge is 0.352 e. The van der Waals surface area contributed by atoms with Crippen molar-refractivity contribution in [2.24, 2.45) is 0 Å². The summed E-state index contributed by atoms with van der Waals surface area (Å²) in [6.45, 7) is 4.49. The summed E-state index contributed by atoms with van der Waals surface area (Å²) in [5.74, 6) is -0.0418. The molecule has 1 amide bonds. The van der Waals surface area contributed by atoms with E-state index in [9.17, 15) is 4.79 Å². The summed E-state index contributed by atoms with van der Waals surface area (Å²) in [7, 11) is 0. The standard InChI is InChI=1S/C29H28BrN5OS/c1-19-8-9-20(2)24(18-19)32-26(36)14-17-35-28(27(33-29(35)37)23-6-3-4-15-31-23)25-7-5-16-34(25)22-12-10-21(30)11-13-22/h3-13,15-16,18,27-28H,14,17H2,1-2H3,(H,32,36)(H,33,37)/t27-,28-/m0/s1. The predicted molar refractivity (Wildman–Crippen MR) is 155 cm³/mol. The molecular formula is C29H28BrN5OS. The molecule has 0 spiro atoms. The second kappa shape index (κ2) is 10.9. The summed E-state index contributed by atoms with van der Waals surface area (Å²) in [6.07, 6.45) is 4.16. The van der Waals surface area contributed by atoms with Crippen molar-refractivity contribution in [1.29, 1.82) is 0 Å². The van der Waals surface area contributed by atoms with Gasteiger partial charge in [-0.25, -0.2) is 0 Å². The van der Waals surface area contributed by atoms with E-state index >= 15 is 0 Å². The van der Waals surface area contributed by atoms with Crippen molar-refractivity contribution in [2.45, 2.75) is 32.4 Å². The minimum absolute atomic E-state index is 0.0418. The number of hydrogen-bond donors (Lipinski definition) is 2. The van der Waals surface area contributed by atoms with Gasteiger partial charge in [0.15, 0.2) is 5.11 Å². The van der Waals surface area contributed by atoms with E-state index in [2.05, 4.69) is 65.4 Å². The fraction of sp³-hybridized carbons (Fsp3) is 0.207. The monoisotopic (exact) mass is 573 g/mol. The number of hydrogen-bond acceptors (Lipinski definition) is 3. The van der Waals surface area contributed by atoms with Gasteiger partial charge in [0.05, 0.1) is 17.8 Å². The molecule has 8 heteroatoms. The Bertz CT molecular complexity index is 1420. The minimum Gasteiger partial charge on any atom is -0.352 e. The molecule has 0 radical (unpaired) electrons. The van der Waals surface area contributed by atoms with Crippen molar-refractivity contribution >= 4 is 44.9 Å². The predicted octanol–water partition coefficient (Wildman–Crippen LogP) is 6.25. The number of carbonyl (C=O) groups is 1. The topological polar surface area (TPSA) is 62.2 Å². The lowest BCUT2D eigenvalue weighted by Gasteiger charge is -2.29. The Kier molecular flexibility index (Phi) is 7.39. The van der Waals surface area contributed by atoms with E-state index in [1.807, 2.05) is 68.4 Å². The Labute approximate surface area is 230 Å². The molecule has 2 aromatic carbocycles. The maximum Gasteiger partial charge on any atom is 0.226 e. The van der Waals surface area contributed by atoms with Crippen molar-refractivity contribution < 1.29 is 4.79 Å². The second-order valence-electron chi connectivity index (χ2n) is 9.22. The lowest BCUT2D eigenvalue weighted by atomic mass is 10.0. The molecule has 188 valence electrons. The Hall–Kier alpha value is -3.49. The third-order valence-electron chi connectivity index (χ3n) is 6.63.